The Balaban J connectivity index is 1.51. The van der Waals surface area contributed by atoms with E-state index in [0.29, 0.717) is 12.3 Å². The van der Waals surface area contributed by atoms with Gasteiger partial charge in [-0.3, -0.25) is 9.69 Å². The molecule has 29 heavy (non-hydrogen) atoms. The van der Waals surface area contributed by atoms with Gasteiger partial charge in [-0.25, -0.2) is 4.39 Å². The highest BCUT2D eigenvalue weighted by Crippen LogP contribution is 2.31. The van der Waals surface area contributed by atoms with Crippen molar-refractivity contribution < 1.29 is 19.0 Å². The molecule has 3 aromatic carbocycles. The number of carbonyl (C=O) groups is 1. The molecule has 4 rings (SSSR count). The third-order valence-electron chi connectivity index (χ3n) is 5.29. The van der Waals surface area contributed by atoms with Crippen molar-refractivity contribution in [2.45, 2.75) is 13.5 Å². The number of esters is 1. The molecule has 1 aliphatic rings. The molecule has 0 spiro atoms. The van der Waals surface area contributed by atoms with Crippen LogP contribution in [-0.4, -0.2) is 42.2 Å². The van der Waals surface area contributed by atoms with Crippen LogP contribution < -0.4 is 9.64 Å². The molecule has 0 amide bonds. The molecule has 1 N–H and O–H groups in total. The third kappa shape index (κ3) is 4.32. The highest BCUT2D eigenvalue weighted by atomic mass is 19.1. The van der Waals surface area contributed by atoms with Crippen LogP contribution in [0.1, 0.15) is 12.5 Å². The summed E-state index contributed by atoms with van der Waals surface area (Å²) in [5.74, 6) is 0.103. The Morgan fingerprint density at radius 1 is 1.03 bits per heavy atom. The number of phenolic OH excluding ortho intramolecular Hbond substituents is 1. The molecule has 0 unspecified atom stereocenters. The molecule has 150 valence electrons. The maximum absolute atomic E-state index is 13.1. The number of piperazine rings is 1. The molecular formula is C23H23FN2O3. The minimum Gasteiger partial charge on any atom is -0.508 e. The minimum absolute atomic E-state index is 0.230. The number of anilines is 1. The fraction of sp³-hybridized carbons (Fsp3) is 0.261. The maximum Gasteiger partial charge on any atom is 0.308 e. The standard InChI is InChI=1S/C23H23FN2O3/c1-16(27)29-20-8-2-17-3-9-23(28)22(21(17)14-20)15-25-10-12-26(13-11-25)19-6-4-18(24)5-7-19/h2-9,14,28H,10-13,15H2,1H3. The summed E-state index contributed by atoms with van der Waals surface area (Å²) in [6, 6.07) is 15.6. The zero-order chi connectivity index (χ0) is 20.4. The first kappa shape index (κ1) is 19.2. The van der Waals surface area contributed by atoms with Gasteiger partial charge >= 0.3 is 5.97 Å². The molecule has 1 aliphatic heterocycles. The molecule has 0 bridgehead atoms. The number of halogens is 1. The van der Waals surface area contributed by atoms with E-state index >= 15 is 0 Å². The van der Waals surface area contributed by atoms with Crippen LogP contribution >= 0.6 is 0 Å². The van der Waals surface area contributed by atoms with Crippen LogP contribution in [0.3, 0.4) is 0 Å². The van der Waals surface area contributed by atoms with Gasteiger partial charge in [-0.1, -0.05) is 12.1 Å². The lowest BCUT2D eigenvalue weighted by atomic mass is 10.0. The van der Waals surface area contributed by atoms with Gasteiger partial charge in [0.05, 0.1) is 0 Å². The van der Waals surface area contributed by atoms with Crippen LogP contribution in [0.4, 0.5) is 10.1 Å². The van der Waals surface area contributed by atoms with E-state index in [-0.39, 0.29) is 17.5 Å². The number of phenols is 1. The molecule has 1 heterocycles. The Labute approximate surface area is 168 Å². The van der Waals surface area contributed by atoms with E-state index in [0.717, 1.165) is 48.2 Å². The summed E-state index contributed by atoms with van der Waals surface area (Å²) >= 11 is 0. The number of fused-ring (bicyclic) bond motifs is 1. The molecule has 0 saturated carbocycles. The lowest BCUT2D eigenvalue weighted by Gasteiger charge is -2.36. The normalized spacial score (nSPS) is 14.9. The van der Waals surface area contributed by atoms with Gasteiger partial charge in [0.25, 0.3) is 0 Å². The van der Waals surface area contributed by atoms with Crippen molar-refractivity contribution in [3.8, 4) is 11.5 Å². The number of carbonyl (C=O) groups excluding carboxylic acids is 1. The van der Waals surface area contributed by atoms with E-state index in [1.807, 2.05) is 12.1 Å². The first-order chi connectivity index (χ1) is 14.0. The van der Waals surface area contributed by atoms with Crippen LogP contribution in [0.5, 0.6) is 11.5 Å². The largest absolute Gasteiger partial charge is 0.508 e. The summed E-state index contributed by atoms with van der Waals surface area (Å²) < 4.78 is 18.4. The molecule has 5 nitrogen and oxygen atoms in total. The summed E-state index contributed by atoms with van der Waals surface area (Å²) in [7, 11) is 0. The first-order valence-electron chi connectivity index (χ1n) is 9.65. The SMILES string of the molecule is CC(=O)Oc1ccc2ccc(O)c(CN3CCN(c4ccc(F)cc4)CC3)c2c1. The summed E-state index contributed by atoms with van der Waals surface area (Å²) in [5, 5.41) is 12.4. The van der Waals surface area contributed by atoms with Crippen molar-refractivity contribution >= 4 is 22.4 Å². The summed E-state index contributed by atoms with van der Waals surface area (Å²) in [4.78, 5) is 15.8. The molecule has 1 fully saturated rings. The second-order valence-electron chi connectivity index (χ2n) is 7.28. The Morgan fingerprint density at radius 3 is 2.41 bits per heavy atom. The van der Waals surface area contributed by atoms with E-state index in [2.05, 4.69) is 9.80 Å². The van der Waals surface area contributed by atoms with E-state index in [4.69, 9.17) is 4.74 Å². The van der Waals surface area contributed by atoms with Crippen LogP contribution in [0, 0.1) is 5.82 Å². The van der Waals surface area contributed by atoms with Crippen LogP contribution in [0.25, 0.3) is 10.8 Å². The van der Waals surface area contributed by atoms with Crippen LogP contribution in [-0.2, 0) is 11.3 Å². The molecule has 6 heteroatoms. The summed E-state index contributed by atoms with van der Waals surface area (Å²) in [5.41, 5.74) is 1.84. The molecule has 1 saturated heterocycles. The smallest absolute Gasteiger partial charge is 0.308 e. The van der Waals surface area contributed by atoms with Gasteiger partial charge in [0.1, 0.15) is 17.3 Å². The fourth-order valence-electron chi connectivity index (χ4n) is 3.78. The number of hydrogen-bond donors (Lipinski definition) is 1. The van der Waals surface area contributed by atoms with Crippen molar-refractivity contribution in [2.24, 2.45) is 0 Å². The van der Waals surface area contributed by atoms with Gasteiger partial charge in [0.2, 0.25) is 0 Å². The van der Waals surface area contributed by atoms with E-state index in [1.54, 1.807) is 30.3 Å². The zero-order valence-electron chi connectivity index (χ0n) is 16.3. The third-order valence-corrected chi connectivity index (χ3v) is 5.29. The molecule has 0 aromatic heterocycles. The van der Waals surface area contributed by atoms with Gasteiger partial charge < -0.3 is 14.7 Å². The van der Waals surface area contributed by atoms with Crippen molar-refractivity contribution in [3.05, 3.63) is 66.0 Å². The Bertz CT molecular complexity index is 1030. The predicted octanol–water partition coefficient (Wildman–Crippen LogP) is 3.93. The van der Waals surface area contributed by atoms with Crippen molar-refractivity contribution in [3.63, 3.8) is 0 Å². The number of hydrogen-bond acceptors (Lipinski definition) is 5. The van der Waals surface area contributed by atoms with Gasteiger partial charge in [-0.2, -0.15) is 0 Å². The van der Waals surface area contributed by atoms with Crippen molar-refractivity contribution in [2.75, 3.05) is 31.1 Å². The topological polar surface area (TPSA) is 53.0 Å². The Hall–Kier alpha value is -3.12. The molecule has 3 aromatic rings. The number of rotatable bonds is 4. The molecular weight excluding hydrogens is 371 g/mol. The molecule has 0 aliphatic carbocycles. The lowest BCUT2D eigenvalue weighted by molar-refractivity contribution is -0.131. The lowest BCUT2D eigenvalue weighted by Crippen LogP contribution is -2.46. The van der Waals surface area contributed by atoms with Crippen LogP contribution in [0.2, 0.25) is 0 Å². The maximum atomic E-state index is 13.1. The quantitative estimate of drug-likeness (QED) is 0.537. The summed E-state index contributed by atoms with van der Waals surface area (Å²) in [6.07, 6.45) is 0. The number of ether oxygens (including phenoxy) is 1. The Kier molecular flexibility index (Phi) is 5.36. The molecule has 0 radical (unpaired) electrons. The highest BCUT2D eigenvalue weighted by molar-refractivity contribution is 5.89. The van der Waals surface area contributed by atoms with Gasteiger partial charge in [-0.15, -0.1) is 0 Å². The second-order valence-corrected chi connectivity index (χ2v) is 7.28. The number of nitrogens with zero attached hydrogens (tertiary/aromatic N) is 2. The molecule has 0 atom stereocenters. The average Bonchev–Trinajstić information content (AvgIpc) is 2.71. The number of benzene rings is 3. The second kappa shape index (κ2) is 8.09. The minimum atomic E-state index is -0.372. The average molecular weight is 394 g/mol. The van der Waals surface area contributed by atoms with Gasteiger partial charge in [0.15, 0.2) is 0 Å². The van der Waals surface area contributed by atoms with Crippen molar-refractivity contribution in [1.82, 2.24) is 4.90 Å². The highest BCUT2D eigenvalue weighted by Gasteiger charge is 2.20. The van der Waals surface area contributed by atoms with Crippen LogP contribution in [0.15, 0.2) is 54.6 Å². The first-order valence-corrected chi connectivity index (χ1v) is 9.65. The Morgan fingerprint density at radius 2 is 1.72 bits per heavy atom. The van der Waals surface area contributed by atoms with Gasteiger partial charge in [0, 0.05) is 50.9 Å². The number of aromatic hydroxyl groups is 1. The monoisotopic (exact) mass is 394 g/mol. The van der Waals surface area contributed by atoms with Gasteiger partial charge in [-0.05, 0) is 53.2 Å². The predicted molar refractivity (Wildman–Crippen MR) is 111 cm³/mol. The fourth-order valence-corrected chi connectivity index (χ4v) is 3.78. The van der Waals surface area contributed by atoms with Crippen molar-refractivity contribution in [1.29, 1.82) is 0 Å². The van der Waals surface area contributed by atoms with E-state index in [1.165, 1.54) is 19.1 Å². The summed E-state index contributed by atoms with van der Waals surface area (Å²) in [6.45, 7) is 5.29. The van der Waals surface area contributed by atoms with E-state index in [9.17, 15) is 14.3 Å². The van der Waals surface area contributed by atoms with E-state index < -0.39 is 0 Å². The zero-order valence-corrected chi connectivity index (χ0v) is 16.3.